The number of para-hydroxylation sites is 2. The SMILES string of the molecule is COc1ccccc1NCCc1nc(C)cs1. The maximum absolute atomic E-state index is 5.28. The van der Waals surface area contributed by atoms with Gasteiger partial charge in [0.2, 0.25) is 0 Å². The third kappa shape index (κ3) is 3.20. The molecule has 2 rings (SSSR count). The van der Waals surface area contributed by atoms with Gasteiger partial charge in [-0.05, 0) is 19.1 Å². The number of aromatic nitrogens is 1. The number of aryl methyl sites for hydroxylation is 1. The lowest BCUT2D eigenvalue weighted by Gasteiger charge is -2.09. The van der Waals surface area contributed by atoms with Crippen LogP contribution in [0.1, 0.15) is 10.7 Å². The average molecular weight is 248 g/mol. The number of rotatable bonds is 5. The molecule has 2 aromatic rings. The van der Waals surface area contributed by atoms with Crippen LogP contribution in [-0.2, 0) is 6.42 Å². The van der Waals surface area contributed by atoms with Crippen LogP contribution in [0.4, 0.5) is 5.69 Å². The molecular weight excluding hydrogens is 232 g/mol. The molecule has 0 spiro atoms. The molecule has 1 aromatic heterocycles. The Labute approximate surface area is 105 Å². The molecule has 0 saturated carbocycles. The van der Waals surface area contributed by atoms with Crippen LogP contribution in [0.5, 0.6) is 5.75 Å². The Kier molecular flexibility index (Phi) is 3.98. The van der Waals surface area contributed by atoms with Gasteiger partial charge < -0.3 is 10.1 Å². The second kappa shape index (κ2) is 5.68. The summed E-state index contributed by atoms with van der Waals surface area (Å²) in [5, 5.41) is 6.62. The summed E-state index contributed by atoms with van der Waals surface area (Å²) in [5.41, 5.74) is 2.13. The van der Waals surface area contributed by atoms with E-state index < -0.39 is 0 Å². The van der Waals surface area contributed by atoms with Crippen molar-refractivity contribution < 1.29 is 4.74 Å². The fourth-order valence-corrected chi connectivity index (χ4v) is 2.39. The molecule has 90 valence electrons. The Morgan fingerprint density at radius 3 is 2.88 bits per heavy atom. The normalized spacial score (nSPS) is 10.2. The first-order valence-electron chi connectivity index (χ1n) is 5.57. The van der Waals surface area contributed by atoms with Crippen molar-refractivity contribution in [2.24, 2.45) is 0 Å². The highest BCUT2D eigenvalue weighted by atomic mass is 32.1. The number of thiazole rings is 1. The number of hydrogen-bond donors (Lipinski definition) is 1. The van der Waals surface area contributed by atoms with E-state index in [1.807, 2.05) is 31.2 Å². The Morgan fingerprint density at radius 2 is 2.18 bits per heavy atom. The van der Waals surface area contributed by atoms with E-state index in [4.69, 9.17) is 4.74 Å². The summed E-state index contributed by atoms with van der Waals surface area (Å²) in [7, 11) is 1.69. The molecule has 1 heterocycles. The Hall–Kier alpha value is -1.55. The van der Waals surface area contributed by atoms with Crippen molar-refractivity contribution in [2.45, 2.75) is 13.3 Å². The summed E-state index contributed by atoms with van der Waals surface area (Å²) in [6.45, 7) is 2.89. The highest BCUT2D eigenvalue weighted by molar-refractivity contribution is 7.09. The van der Waals surface area contributed by atoms with Crippen molar-refractivity contribution in [3.05, 3.63) is 40.3 Å². The van der Waals surface area contributed by atoms with Gasteiger partial charge in [0, 0.05) is 24.0 Å². The molecule has 0 amide bonds. The van der Waals surface area contributed by atoms with E-state index in [2.05, 4.69) is 15.7 Å². The number of benzene rings is 1. The summed E-state index contributed by atoms with van der Waals surface area (Å²) in [4.78, 5) is 4.43. The van der Waals surface area contributed by atoms with Gasteiger partial charge in [-0.25, -0.2) is 4.98 Å². The molecule has 0 aliphatic rings. The van der Waals surface area contributed by atoms with Crippen molar-refractivity contribution in [2.75, 3.05) is 19.0 Å². The predicted octanol–water partition coefficient (Wildman–Crippen LogP) is 3.11. The highest BCUT2D eigenvalue weighted by Gasteiger charge is 2.02. The van der Waals surface area contributed by atoms with Crippen LogP contribution < -0.4 is 10.1 Å². The maximum atomic E-state index is 5.28. The van der Waals surface area contributed by atoms with Gasteiger partial charge in [-0.2, -0.15) is 0 Å². The van der Waals surface area contributed by atoms with Crippen LogP contribution in [0.15, 0.2) is 29.6 Å². The van der Waals surface area contributed by atoms with E-state index in [0.29, 0.717) is 0 Å². The largest absolute Gasteiger partial charge is 0.495 e. The quantitative estimate of drug-likeness (QED) is 0.882. The van der Waals surface area contributed by atoms with Gasteiger partial charge in [-0.15, -0.1) is 11.3 Å². The second-order valence-electron chi connectivity index (χ2n) is 3.76. The fourth-order valence-electron chi connectivity index (χ4n) is 1.61. The van der Waals surface area contributed by atoms with Crippen molar-refractivity contribution in [1.82, 2.24) is 4.98 Å². The van der Waals surface area contributed by atoms with Crippen LogP contribution in [0.3, 0.4) is 0 Å². The minimum absolute atomic E-state index is 0.868. The first kappa shape index (κ1) is 11.9. The van der Waals surface area contributed by atoms with Gasteiger partial charge in [-0.1, -0.05) is 12.1 Å². The van der Waals surface area contributed by atoms with E-state index in [9.17, 15) is 0 Å². The first-order valence-corrected chi connectivity index (χ1v) is 6.45. The number of nitrogens with zero attached hydrogens (tertiary/aromatic N) is 1. The van der Waals surface area contributed by atoms with Gasteiger partial charge in [0.15, 0.2) is 0 Å². The smallest absolute Gasteiger partial charge is 0.141 e. The fraction of sp³-hybridized carbons (Fsp3) is 0.308. The molecule has 1 aromatic carbocycles. The van der Waals surface area contributed by atoms with Crippen LogP contribution >= 0.6 is 11.3 Å². The predicted molar refractivity (Wildman–Crippen MR) is 72.0 cm³/mol. The first-order chi connectivity index (χ1) is 8.29. The molecule has 0 aliphatic carbocycles. The summed E-state index contributed by atoms with van der Waals surface area (Å²) >= 11 is 1.71. The lowest BCUT2D eigenvalue weighted by molar-refractivity contribution is 0.416. The molecule has 4 heteroatoms. The molecule has 0 bridgehead atoms. The zero-order valence-electron chi connectivity index (χ0n) is 10.1. The molecule has 3 nitrogen and oxygen atoms in total. The monoisotopic (exact) mass is 248 g/mol. The van der Waals surface area contributed by atoms with Crippen molar-refractivity contribution in [3.8, 4) is 5.75 Å². The number of ether oxygens (including phenoxy) is 1. The lowest BCUT2D eigenvalue weighted by Crippen LogP contribution is -2.05. The van der Waals surface area contributed by atoms with Crippen molar-refractivity contribution in [1.29, 1.82) is 0 Å². The van der Waals surface area contributed by atoms with Gasteiger partial charge in [0.05, 0.1) is 17.8 Å². The van der Waals surface area contributed by atoms with Crippen LogP contribution in [0.2, 0.25) is 0 Å². The Balaban J connectivity index is 1.89. The summed E-state index contributed by atoms with van der Waals surface area (Å²) in [6, 6.07) is 7.94. The molecule has 0 unspecified atom stereocenters. The minimum Gasteiger partial charge on any atom is -0.495 e. The molecule has 0 atom stereocenters. The molecule has 0 saturated heterocycles. The standard InChI is InChI=1S/C13H16N2OS/c1-10-9-17-13(15-10)7-8-14-11-5-3-4-6-12(11)16-2/h3-6,9,14H,7-8H2,1-2H3. The van der Waals surface area contributed by atoms with Crippen LogP contribution in [0, 0.1) is 6.92 Å². The van der Waals surface area contributed by atoms with E-state index in [-0.39, 0.29) is 0 Å². The summed E-state index contributed by atoms with van der Waals surface area (Å²) in [5.74, 6) is 0.878. The molecule has 17 heavy (non-hydrogen) atoms. The van der Waals surface area contributed by atoms with E-state index in [1.165, 1.54) is 5.01 Å². The zero-order chi connectivity index (χ0) is 12.1. The Bertz CT molecular complexity index is 482. The number of methoxy groups -OCH3 is 1. The van der Waals surface area contributed by atoms with E-state index >= 15 is 0 Å². The molecule has 0 radical (unpaired) electrons. The summed E-state index contributed by atoms with van der Waals surface area (Å²) in [6.07, 6.45) is 0.941. The lowest BCUT2D eigenvalue weighted by atomic mass is 10.3. The molecule has 1 N–H and O–H groups in total. The van der Waals surface area contributed by atoms with Gasteiger partial charge in [0.1, 0.15) is 5.75 Å². The third-order valence-electron chi connectivity index (χ3n) is 2.43. The molecular formula is C13H16N2OS. The topological polar surface area (TPSA) is 34.1 Å². The molecule has 0 fully saturated rings. The van der Waals surface area contributed by atoms with Crippen LogP contribution in [0.25, 0.3) is 0 Å². The highest BCUT2D eigenvalue weighted by Crippen LogP contribution is 2.22. The second-order valence-corrected chi connectivity index (χ2v) is 4.70. The average Bonchev–Trinajstić information content (AvgIpc) is 2.76. The third-order valence-corrected chi connectivity index (χ3v) is 3.45. The number of hydrogen-bond acceptors (Lipinski definition) is 4. The van der Waals surface area contributed by atoms with Gasteiger partial charge >= 0.3 is 0 Å². The van der Waals surface area contributed by atoms with Crippen molar-refractivity contribution in [3.63, 3.8) is 0 Å². The Morgan fingerprint density at radius 1 is 1.35 bits per heavy atom. The number of nitrogens with one attached hydrogen (secondary N) is 1. The minimum atomic E-state index is 0.868. The van der Waals surface area contributed by atoms with E-state index in [0.717, 1.165) is 30.1 Å². The number of anilines is 1. The zero-order valence-corrected chi connectivity index (χ0v) is 10.9. The molecule has 0 aliphatic heterocycles. The van der Waals surface area contributed by atoms with E-state index in [1.54, 1.807) is 18.4 Å². The summed E-state index contributed by atoms with van der Waals surface area (Å²) < 4.78 is 5.28. The van der Waals surface area contributed by atoms with Gasteiger partial charge in [-0.3, -0.25) is 0 Å². The van der Waals surface area contributed by atoms with Crippen molar-refractivity contribution >= 4 is 17.0 Å². The maximum Gasteiger partial charge on any atom is 0.141 e. The van der Waals surface area contributed by atoms with Crippen LogP contribution in [-0.4, -0.2) is 18.6 Å². The van der Waals surface area contributed by atoms with Gasteiger partial charge in [0.25, 0.3) is 0 Å².